The molecule has 1 saturated carbocycles. The van der Waals surface area contributed by atoms with Gasteiger partial charge in [0.15, 0.2) is 0 Å². The highest BCUT2D eigenvalue weighted by Crippen LogP contribution is 2.42. The molecule has 3 rings (SSSR count). The molecule has 0 radical (unpaired) electrons. The number of hydrogen-bond donors (Lipinski definition) is 3. The first-order valence-electron chi connectivity index (χ1n) is 7.63. The number of imidazole rings is 1. The van der Waals surface area contributed by atoms with Crippen LogP contribution in [0.1, 0.15) is 46.9 Å². The summed E-state index contributed by atoms with van der Waals surface area (Å²) in [6.07, 6.45) is 0.597. The Hall–Kier alpha value is -1.55. The summed E-state index contributed by atoms with van der Waals surface area (Å²) in [6.45, 7) is 10.7. The van der Waals surface area contributed by atoms with E-state index in [-0.39, 0.29) is 16.9 Å². The van der Waals surface area contributed by atoms with Crippen LogP contribution in [0.3, 0.4) is 0 Å². The van der Waals surface area contributed by atoms with Crippen molar-refractivity contribution < 1.29 is 5.11 Å². The lowest BCUT2D eigenvalue weighted by Crippen LogP contribution is -2.56. The van der Waals surface area contributed by atoms with Gasteiger partial charge in [-0.3, -0.25) is 0 Å². The van der Waals surface area contributed by atoms with E-state index in [4.69, 9.17) is 0 Å². The van der Waals surface area contributed by atoms with Crippen molar-refractivity contribution >= 4 is 16.7 Å². The van der Waals surface area contributed by atoms with E-state index in [1.54, 1.807) is 0 Å². The van der Waals surface area contributed by atoms with Crippen LogP contribution in [0.4, 0.5) is 5.69 Å². The van der Waals surface area contributed by atoms with E-state index in [2.05, 4.69) is 62.0 Å². The molecular formula is C17H25N3O. The number of aliphatic hydroxyl groups excluding tert-OH is 1. The lowest BCUT2D eigenvalue weighted by molar-refractivity contribution is -0.0510. The standard InChI is InChI=1S/C17H25N3O/c1-16(2,3)15-19-11-7-6-10(8-12(11)20-15)18-13-9-14(21)17(13,4)5/h6-8,13-14,18,21H,9H2,1-5H3,(H,19,20). The number of aromatic nitrogens is 2. The minimum atomic E-state index is -0.210. The van der Waals surface area contributed by atoms with Crippen LogP contribution in [-0.4, -0.2) is 27.2 Å². The molecule has 0 amide bonds. The van der Waals surface area contributed by atoms with Gasteiger partial charge in [-0.15, -0.1) is 0 Å². The summed E-state index contributed by atoms with van der Waals surface area (Å²) in [6, 6.07) is 6.54. The number of anilines is 1. The molecule has 0 spiro atoms. The molecular weight excluding hydrogens is 262 g/mol. The summed E-state index contributed by atoms with van der Waals surface area (Å²) in [5.41, 5.74) is 3.09. The van der Waals surface area contributed by atoms with E-state index in [1.807, 2.05) is 6.07 Å². The van der Waals surface area contributed by atoms with Crippen molar-refractivity contribution in [2.45, 2.75) is 58.6 Å². The minimum Gasteiger partial charge on any atom is -0.392 e. The number of fused-ring (bicyclic) bond motifs is 1. The lowest BCUT2D eigenvalue weighted by Gasteiger charge is -2.49. The summed E-state index contributed by atoms with van der Waals surface area (Å²) in [5.74, 6) is 1.01. The second-order valence-electron chi connectivity index (χ2n) is 7.84. The Morgan fingerprint density at radius 3 is 2.62 bits per heavy atom. The summed E-state index contributed by atoms with van der Waals surface area (Å²) >= 11 is 0. The minimum absolute atomic E-state index is 0.0205. The second-order valence-corrected chi connectivity index (χ2v) is 7.84. The third-order valence-corrected chi connectivity index (χ3v) is 4.75. The van der Waals surface area contributed by atoms with Gasteiger partial charge in [0.2, 0.25) is 0 Å². The number of nitrogens with zero attached hydrogens (tertiary/aromatic N) is 1. The molecule has 1 heterocycles. The van der Waals surface area contributed by atoms with Gasteiger partial charge in [-0.2, -0.15) is 0 Å². The van der Waals surface area contributed by atoms with Crippen LogP contribution >= 0.6 is 0 Å². The Morgan fingerprint density at radius 2 is 2.05 bits per heavy atom. The van der Waals surface area contributed by atoms with Crippen LogP contribution in [0.25, 0.3) is 11.0 Å². The average Bonchev–Trinajstić information content (AvgIpc) is 2.81. The topological polar surface area (TPSA) is 60.9 Å². The maximum absolute atomic E-state index is 9.83. The SMILES string of the molecule is CC(C)(C)c1nc2ccc(NC3CC(O)C3(C)C)cc2[nH]1. The number of H-pyrrole nitrogens is 1. The summed E-state index contributed by atoms with van der Waals surface area (Å²) < 4.78 is 0. The van der Waals surface area contributed by atoms with Crippen LogP contribution in [0.5, 0.6) is 0 Å². The van der Waals surface area contributed by atoms with Gasteiger partial charge in [0.25, 0.3) is 0 Å². The van der Waals surface area contributed by atoms with Gasteiger partial charge >= 0.3 is 0 Å². The predicted octanol–water partition coefficient (Wildman–Crippen LogP) is 3.43. The van der Waals surface area contributed by atoms with Crippen LogP contribution in [0.15, 0.2) is 18.2 Å². The number of nitrogens with one attached hydrogen (secondary N) is 2. The molecule has 114 valence electrons. The van der Waals surface area contributed by atoms with Crippen LogP contribution in [0.2, 0.25) is 0 Å². The smallest absolute Gasteiger partial charge is 0.112 e. The molecule has 0 saturated heterocycles. The first-order valence-corrected chi connectivity index (χ1v) is 7.63. The second kappa shape index (κ2) is 4.47. The van der Waals surface area contributed by atoms with Crippen molar-refractivity contribution in [2.75, 3.05) is 5.32 Å². The van der Waals surface area contributed by atoms with Gasteiger partial charge in [-0.1, -0.05) is 34.6 Å². The molecule has 2 aromatic rings. The highest BCUT2D eigenvalue weighted by Gasteiger charge is 2.47. The number of aliphatic hydroxyl groups is 1. The molecule has 0 aliphatic heterocycles. The van der Waals surface area contributed by atoms with Crippen LogP contribution < -0.4 is 5.32 Å². The van der Waals surface area contributed by atoms with E-state index < -0.39 is 0 Å². The van der Waals surface area contributed by atoms with Crippen molar-refractivity contribution in [3.8, 4) is 0 Å². The molecule has 3 N–H and O–H groups in total. The summed E-state index contributed by atoms with van der Waals surface area (Å²) in [7, 11) is 0. The molecule has 1 aromatic heterocycles. The monoisotopic (exact) mass is 287 g/mol. The molecule has 4 nitrogen and oxygen atoms in total. The number of hydrogen-bond acceptors (Lipinski definition) is 3. The molecule has 2 unspecified atom stereocenters. The maximum atomic E-state index is 9.83. The van der Waals surface area contributed by atoms with Gasteiger partial charge in [-0.25, -0.2) is 4.98 Å². The Morgan fingerprint density at radius 1 is 1.33 bits per heavy atom. The van der Waals surface area contributed by atoms with Crippen LogP contribution in [-0.2, 0) is 5.41 Å². The van der Waals surface area contributed by atoms with E-state index in [9.17, 15) is 5.11 Å². The maximum Gasteiger partial charge on any atom is 0.112 e. The fraction of sp³-hybridized carbons (Fsp3) is 0.588. The van der Waals surface area contributed by atoms with Crippen molar-refractivity contribution in [1.82, 2.24) is 9.97 Å². The molecule has 1 fully saturated rings. The fourth-order valence-electron chi connectivity index (χ4n) is 2.80. The Bertz CT molecular complexity index is 666. The zero-order chi connectivity index (χ0) is 15.4. The van der Waals surface area contributed by atoms with Gasteiger partial charge in [0.1, 0.15) is 5.82 Å². The van der Waals surface area contributed by atoms with E-state index >= 15 is 0 Å². The van der Waals surface area contributed by atoms with Crippen molar-refractivity contribution in [2.24, 2.45) is 5.41 Å². The van der Waals surface area contributed by atoms with Crippen molar-refractivity contribution in [3.05, 3.63) is 24.0 Å². The average molecular weight is 287 g/mol. The Balaban J connectivity index is 1.85. The number of benzene rings is 1. The van der Waals surface area contributed by atoms with Crippen LogP contribution in [0, 0.1) is 5.41 Å². The molecule has 1 aliphatic carbocycles. The Kier molecular flexibility index (Phi) is 3.06. The Labute approximate surface area is 126 Å². The molecule has 0 bridgehead atoms. The highest BCUT2D eigenvalue weighted by atomic mass is 16.3. The first kappa shape index (κ1) is 14.4. The fourth-order valence-corrected chi connectivity index (χ4v) is 2.80. The van der Waals surface area contributed by atoms with Crippen molar-refractivity contribution in [1.29, 1.82) is 0 Å². The summed E-state index contributed by atoms with van der Waals surface area (Å²) in [5, 5.41) is 13.4. The van der Waals surface area contributed by atoms with E-state index in [0.717, 1.165) is 29.0 Å². The zero-order valence-corrected chi connectivity index (χ0v) is 13.5. The molecule has 4 heteroatoms. The largest absolute Gasteiger partial charge is 0.392 e. The number of rotatable bonds is 2. The van der Waals surface area contributed by atoms with Gasteiger partial charge in [0, 0.05) is 22.6 Å². The third kappa shape index (κ3) is 2.42. The number of aromatic amines is 1. The molecule has 21 heavy (non-hydrogen) atoms. The normalized spacial score (nSPS) is 24.9. The lowest BCUT2D eigenvalue weighted by atomic mass is 9.64. The molecule has 1 aromatic carbocycles. The molecule has 2 atom stereocenters. The molecule has 1 aliphatic rings. The van der Waals surface area contributed by atoms with Gasteiger partial charge in [0.05, 0.1) is 17.1 Å². The van der Waals surface area contributed by atoms with E-state index in [0.29, 0.717) is 6.04 Å². The van der Waals surface area contributed by atoms with Crippen molar-refractivity contribution in [3.63, 3.8) is 0 Å². The summed E-state index contributed by atoms with van der Waals surface area (Å²) in [4.78, 5) is 8.07. The predicted molar refractivity (Wildman–Crippen MR) is 86.6 cm³/mol. The van der Waals surface area contributed by atoms with Gasteiger partial charge < -0.3 is 15.4 Å². The first-order chi connectivity index (χ1) is 9.68. The zero-order valence-electron chi connectivity index (χ0n) is 13.5. The quantitative estimate of drug-likeness (QED) is 0.793. The third-order valence-electron chi connectivity index (χ3n) is 4.75. The highest BCUT2D eigenvalue weighted by molar-refractivity contribution is 5.79. The van der Waals surface area contributed by atoms with E-state index in [1.165, 1.54) is 0 Å². The van der Waals surface area contributed by atoms with Gasteiger partial charge in [-0.05, 0) is 24.6 Å².